The highest BCUT2D eigenvalue weighted by Gasteiger charge is 2.33. The lowest BCUT2D eigenvalue weighted by Gasteiger charge is -2.36. The summed E-state index contributed by atoms with van der Waals surface area (Å²) in [5.74, 6) is 0.0301. The number of nitrogens with zero attached hydrogens (tertiary/aromatic N) is 5. The Bertz CT molecular complexity index is 775. The summed E-state index contributed by atoms with van der Waals surface area (Å²) in [6, 6.07) is -0.501. The molecule has 1 aliphatic rings. The van der Waals surface area contributed by atoms with Crippen molar-refractivity contribution in [1.29, 1.82) is 0 Å². The van der Waals surface area contributed by atoms with E-state index in [0.717, 1.165) is 12.4 Å². The molecule has 180 valence electrons. The average molecular weight is 461 g/mol. The summed E-state index contributed by atoms with van der Waals surface area (Å²) in [6.45, 7) is 6.93. The molecule has 9 nitrogen and oxygen atoms in total. The number of likely N-dealkylation sites (N-methyl/N-ethyl adjacent to an activating group) is 1. The maximum absolute atomic E-state index is 12.8. The predicted molar refractivity (Wildman–Crippen MR) is 110 cm³/mol. The molecule has 2 rings (SSSR count). The molecule has 1 fully saturated rings. The number of carbonyl (C=O) groups excluding carboxylic acids is 2. The Morgan fingerprint density at radius 1 is 1.12 bits per heavy atom. The molecular formula is C20H30F3N5O4. The molecule has 0 spiro atoms. The minimum absolute atomic E-state index is 0.0559. The fourth-order valence-electron chi connectivity index (χ4n) is 3.10. The van der Waals surface area contributed by atoms with Crippen LogP contribution in [0.15, 0.2) is 12.4 Å². The molecule has 0 unspecified atom stereocenters. The van der Waals surface area contributed by atoms with Crippen molar-refractivity contribution in [2.45, 2.75) is 45.0 Å². The minimum Gasteiger partial charge on any atom is -0.444 e. The van der Waals surface area contributed by atoms with Gasteiger partial charge in [0.1, 0.15) is 5.60 Å². The first-order chi connectivity index (χ1) is 14.8. The van der Waals surface area contributed by atoms with E-state index < -0.39 is 29.5 Å². The summed E-state index contributed by atoms with van der Waals surface area (Å²) in [7, 11) is 3.05. The number of aromatic nitrogens is 2. The zero-order chi connectivity index (χ0) is 24.1. The third kappa shape index (κ3) is 7.21. The predicted octanol–water partition coefficient (Wildman–Crippen LogP) is 2.42. The van der Waals surface area contributed by atoms with Crippen molar-refractivity contribution in [2.75, 3.05) is 51.8 Å². The Labute approximate surface area is 185 Å². The molecule has 0 N–H and O–H groups in total. The van der Waals surface area contributed by atoms with E-state index in [0.29, 0.717) is 26.2 Å². The molecule has 1 atom stereocenters. The summed E-state index contributed by atoms with van der Waals surface area (Å²) in [5, 5.41) is 0. The van der Waals surface area contributed by atoms with E-state index >= 15 is 0 Å². The molecule has 32 heavy (non-hydrogen) atoms. The summed E-state index contributed by atoms with van der Waals surface area (Å²) in [4.78, 5) is 37.5. The van der Waals surface area contributed by atoms with Crippen LogP contribution in [0.3, 0.4) is 0 Å². The van der Waals surface area contributed by atoms with Gasteiger partial charge in [0.15, 0.2) is 0 Å². The second-order valence-electron chi connectivity index (χ2n) is 8.54. The number of rotatable bonds is 6. The van der Waals surface area contributed by atoms with Crippen molar-refractivity contribution in [2.24, 2.45) is 0 Å². The first-order valence-corrected chi connectivity index (χ1v) is 10.2. The Kier molecular flexibility index (Phi) is 8.27. The molecule has 0 bridgehead atoms. The van der Waals surface area contributed by atoms with E-state index in [9.17, 15) is 22.8 Å². The number of hydrogen-bond acceptors (Lipinski definition) is 7. The number of halogens is 3. The molecule has 1 aliphatic heterocycles. The smallest absolute Gasteiger partial charge is 0.419 e. The molecule has 2 amide bonds. The molecule has 12 heteroatoms. The van der Waals surface area contributed by atoms with Crippen LogP contribution in [0.5, 0.6) is 0 Å². The van der Waals surface area contributed by atoms with Crippen molar-refractivity contribution < 1.29 is 32.2 Å². The van der Waals surface area contributed by atoms with Crippen molar-refractivity contribution in [1.82, 2.24) is 19.8 Å². The van der Waals surface area contributed by atoms with Gasteiger partial charge in [-0.05, 0) is 20.8 Å². The lowest BCUT2D eigenvalue weighted by molar-refractivity contribution is -0.138. The monoisotopic (exact) mass is 461 g/mol. The maximum atomic E-state index is 12.8. The van der Waals surface area contributed by atoms with Gasteiger partial charge in [-0.15, -0.1) is 0 Å². The van der Waals surface area contributed by atoms with E-state index in [4.69, 9.17) is 9.47 Å². The van der Waals surface area contributed by atoms with E-state index in [1.54, 1.807) is 37.6 Å². The van der Waals surface area contributed by atoms with Crippen molar-refractivity contribution in [3.63, 3.8) is 0 Å². The van der Waals surface area contributed by atoms with Crippen LogP contribution in [0, 0.1) is 0 Å². The normalized spacial score (nSPS) is 16.0. The highest BCUT2D eigenvalue weighted by Crippen LogP contribution is 2.28. The first-order valence-electron chi connectivity index (χ1n) is 10.2. The quantitative estimate of drug-likeness (QED) is 0.643. The highest BCUT2D eigenvalue weighted by molar-refractivity contribution is 5.78. The third-order valence-corrected chi connectivity index (χ3v) is 4.88. The number of alkyl halides is 3. The number of methoxy groups -OCH3 is 1. The van der Waals surface area contributed by atoms with Crippen molar-refractivity contribution in [3.05, 3.63) is 18.0 Å². The molecule has 2 heterocycles. The lowest BCUT2D eigenvalue weighted by atomic mass is 10.1. The number of hydrogen-bond donors (Lipinski definition) is 0. The standard InChI is InChI=1S/C20H30F3N5O4/c1-19(2,3)32-18(30)26(4)15(13-31-5)10-16(29)27-6-8-28(9-7-27)17-24-11-14(12-25-17)20(21,22)23/h11-12,15H,6-10,13H2,1-5H3/t15-/m0/s1. The highest BCUT2D eigenvalue weighted by atomic mass is 19.4. The summed E-state index contributed by atoms with van der Waals surface area (Å²) in [6.07, 6.45) is -3.48. The molecule has 0 aliphatic carbocycles. The lowest BCUT2D eigenvalue weighted by Crippen LogP contribution is -2.51. The van der Waals surface area contributed by atoms with Crippen LogP contribution < -0.4 is 4.90 Å². The number of amides is 2. The van der Waals surface area contributed by atoms with Crippen LogP contribution in [0.1, 0.15) is 32.8 Å². The van der Waals surface area contributed by atoms with Gasteiger partial charge in [0.25, 0.3) is 0 Å². The molecule has 0 aromatic carbocycles. The summed E-state index contributed by atoms with van der Waals surface area (Å²) >= 11 is 0. The van der Waals surface area contributed by atoms with Gasteiger partial charge in [0.05, 0.1) is 18.2 Å². The third-order valence-electron chi connectivity index (χ3n) is 4.88. The zero-order valence-electron chi connectivity index (χ0n) is 19.0. The summed E-state index contributed by atoms with van der Waals surface area (Å²) in [5.41, 5.74) is -1.57. The van der Waals surface area contributed by atoms with Crippen LogP contribution in [0.25, 0.3) is 0 Å². The maximum Gasteiger partial charge on any atom is 0.419 e. The van der Waals surface area contributed by atoms with Gasteiger partial charge < -0.3 is 24.2 Å². The number of anilines is 1. The fourth-order valence-corrected chi connectivity index (χ4v) is 3.10. The van der Waals surface area contributed by atoms with Gasteiger partial charge in [-0.25, -0.2) is 14.8 Å². The largest absolute Gasteiger partial charge is 0.444 e. The van der Waals surface area contributed by atoms with Crippen molar-refractivity contribution in [3.8, 4) is 0 Å². The number of carbonyl (C=O) groups is 2. The molecule has 0 saturated carbocycles. The van der Waals surface area contributed by atoms with E-state index in [1.807, 2.05) is 0 Å². The van der Waals surface area contributed by atoms with Gasteiger partial charge in [0, 0.05) is 59.2 Å². The van der Waals surface area contributed by atoms with E-state index in [2.05, 4.69) is 9.97 Å². The Morgan fingerprint density at radius 2 is 1.69 bits per heavy atom. The summed E-state index contributed by atoms with van der Waals surface area (Å²) < 4.78 is 48.5. The van der Waals surface area contributed by atoms with Crippen LogP contribution in [-0.2, 0) is 20.4 Å². The molecular weight excluding hydrogens is 431 g/mol. The topological polar surface area (TPSA) is 88.1 Å². The van der Waals surface area contributed by atoms with E-state index in [-0.39, 0.29) is 24.9 Å². The number of ether oxygens (including phenoxy) is 2. The minimum atomic E-state index is -4.49. The van der Waals surface area contributed by atoms with Gasteiger partial charge >= 0.3 is 12.3 Å². The zero-order valence-corrected chi connectivity index (χ0v) is 19.0. The Hall–Kier alpha value is -2.63. The molecule has 1 aromatic rings. The SMILES string of the molecule is COC[C@H](CC(=O)N1CCN(c2ncc(C(F)(F)F)cn2)CC1)N(C)C(=O)OC(C)(C)C. The van der Waals surface area contributed by atoms with Gasteiger partial charge in [-0.3, -0.25) is 4.79 Å². The van der Waals surface area contributed by atoms with Crippen molar-refractivity contribution >= 4 is 17.9 Å². The van der Waals surface area contributed by atoms with Crippen LogP contribution in [0.2, 0.25) is 0 Å². The number of piperazine rings is 1. The molecule has 1 saturated heterocycles. The van der Waals surface area contributed by atoms with Gasteiger partial charge in [0.2, 0.25) is 11.9 Å². The Morgan fingerprint density at radius 3 is 2.16 bits per heavy atom. The second kappa shape index (κ2) is 10.3. The Balaban J connectivity index is 1.93. The van der Waals surface area contributed by atoms with E-state index in [1.165, 1.54) is 12.0 Å². The van der Waals surface area contributed by atoms with Gasteiger partial charge in [-0.2, -0.15) is 13.2 Å². The fraction of sp³-hybridized carbons (Fsp3) is 0.700. The molecule has 0 radical (unpaired) electrons. The van der Waals surface area contributed by atoms with Crippen LogP contribution in [-0.4, -0.2) is 90.4 Å². The van der Waals surface area contributed by atoms with Crippen LogP contribution in [0.4, 0.5) is 23.9 Å². The first kappa shape index (κ1) is 25.6. The van der Waals surface area contributed by atoms with Gasteiger partial charge in [-0.1, -0.05) is 0 Å². The average Bonchev–Trinajstić information content (AvgIpc) is 2.71. The second-order valence-corrected chi connectivity index (χ2v) is 8.54. The van der Waals surface area contributed by atoms with Crippen LogP contribution >= 0.6 is 0 Å². The molecule has 1 aromatic heterocycles.